The molecule has 0 aliphatic carbocycles. The van der Waals surface area contributed by atoms with Crippen LogP contribution in [0.1, 0.15) is 10.5 Å². The van der Waals surface area contributed by atoms with E-state index in [1.54, 1.807) is 25.2 Å². The van der Waals surface area contributed by atoms with Crippen molar-refractivity contribution in [1.29, 1.82) is 0 Å². The number of pyridine rings is 1. The van der Waals surface area contributed by atoms with Gasteiger partial charge in [0.15, 0.2) is 0 Å². The number of halogens is 1. The molecule has 1 aromatic heterocycles. The summed E-state index contributed by atoms with van der Waals surface area (Å²) in [5, 5.41) is 16.3. The molecule has 0 saturated heterocycles. The average Bonchev–Trinajstić information content (AvgIpc) is 2.49. The maximum absolute atomic E-state index is 12.1. The normalized spacial score (nSPS) is 10.0. The fourth-order valence-electron chi connectivity index (χ4n) is 1.64. The van der Waals surface area contributed by atoms with Crippen LogP contribution in [0.15, 0.2) is 41.0 Å². The molecule has 0 saturated carbocycles. The maximum atomic E-state index is 12.1. The number of nitro groups is 1. The van der Waals surface area contributed by atoms with Gasteiger partial charge < -0.3 is 10.6 Å². The highest BCUT2D eigenvalue weighted by atomic mass is 79.9. The minimum Gasteiger partial charge on any atom is -0.388 e. The molecule has 108 valence electrons. The lowest BCUT2D eigenvalue weighted by Crippen LogP contribution is -2.14. The highest BCUT2D eigenvalue weighted by Gasteiger charge is 2.14. The minimum absolute atomic E-state index is 0.121. The number of nitrogens with one attached hydrogen (secondary N) is 2. The molecular formula is C13H11BrN4O3. The topological polar surface area (TPSA) is 97.2 Å². The summed E-state index contributed by atoms with van der Waals surface area (Å²) in [6.45, 7) is 0. The second-order valence-electron chi connectivity index (χ2n) is 4.06. The Hall–Kier alpha value is -2.48. The molecule has 1 amide bonds. The molecule has 0 atom stereocenters. The van der Waals surface area contributed by atoms with Gasteiger partial charge in [0.1, 0.15) is 5.69 Å². The Morgan fingerprint density at radius 2 is 2.05 bits per heavy atom. The van der Waals surface area contributed by atoms with Crippen molar-refractivity contribution >= 4 is 38.9 Å². The van der Waals surface area contributed by atoms with Gasteiger partial charge >= 0.3 is 0 Å². The molecule has 8 heteroatoms. The van der Waals surface area contributed by atoms with Gasteiger partial charge in [0.05, 0.1) is 9.40 Å². The van der Waals surface area contributed by atoms with Crippen molar-refractivity contribution in [3.05, 3.63) is 56.8 Å². The number of hydrogen-bond acceptors (Lipinski definition) is 5. The zero-order valence-electron chi connectivity index (χ0n) is 11.0. The van der Waals surface area contributed by atoms with E-state index in [0.29, 0.717) is 10.2 Å². The quantitative estimate of drug-likeness (QED) is 0.652. The van der Waals surface area contributed by atoms with E-state index >= 15 is 0 Å². The molecule has 0 bridgehead atoms. The van der Waals surface area contributed by atoms with E-state index in [0.717, 1.165) is 5.69 Å². The standard InChI is InChI=1S/C13H11BrN4O3/c1-15-8-4-5-16-11(6-8)13(19)17-9-2-3-10(14)12(7-9)18(20)21/h2-7H,1H3,(H,15,16)(H,17,19). The summed E-state index contributed by atoms with van der Waals surface area (Å²) in [4.78, 5) is 26.4. The maximum Gasteiger partial charge on any atom is 0.285 e. The first kappa shape index (κ1) is 14.9. The molecule has 2 N–H and O–H groups in total. The Bertz CT molecular complexity index is 706. The van der Waals surface area contributed by atoms with Crippen molar-refractivity contribution < 1.29 is 9.72 Å². The van der Waals surface area contributed by atoms with Gasteiger partial charge in [0.25, 0.3) is 11.6 Å². The number of nitro benzene ring substituents is 1. The molecule has 0 aliphatic heterocycles. The van der Waals surface area contributed by atoms with Gasteiger partial charge in [0, 0.05) is 30.7 Å². The third kappa shape index (κ3) is 3.54. The van der Waals surface area contributed by atoms with E-state index in [-0.39, 0.29) is 11.4 Å². The smallest absolute Gasteiger partial charge is 0.285 e. The number of aromatic nitrogens is 1. The summed E-state index contributed by atoms with van der Waals surface area (Å²) >= 11 is 3.09. The summed E-state index contributed by atoms with van der Waals surface area (Å²) in [6, 6.07) is 7.66. The van der Waals surface area contributed by atoms with Crippen LogP contribution in [-0.4, -0.2) is 22.9 Å². The average molecular weight is 351 g/mol. The molecule has 0 spiro atoms. The zero-order chi connectivity index (χ0) is 15.4. The fraction of sp³-hybridized carbons (Fsp3) is 0.0769. The van der Waals surface area contributed by atoms with Crippen LogP contribution in [0.3, 0.4) is 0 Å². The first-order chi connectivity index (χ1) is 10.0. The van der Waals surface area contributed by atoms with Crippen molar-refractivity contribution in [2.24, 2.45) is 0 Å². The molecule has 0 radical (unpaired) electrons. The van der Waals surface area contributed by atoms with Crippen molar-refractivity contribution in [2.45, 2.75) is 0 Å². The molecule has 0 unspecified atom stereocenters. The number of hydrogen-bond donors (Lipinski definition) is 2. The minimum atomic E-state index is -0.528. The summed E-state index contributed by atoms with van der Waals surface area (Å²) in [5.41, 5.74) is 1.17. The number of amides is 1. The second-order valence-corrected chi connectivity index (χ2v) is 4.91. The zero-order valence-corrected chi connectivity index (χ0v) is 12.5. The fourth-order valence-corrected chi connectivity index (χ4v) is 2.03. The monoisotopic (exact) mass is 350 g/mol. The van der Waals surface area contributed by atoms with Crippen LogP contribution in [0.4, 0.5) is 17.1 Å². The van der Waals surface area contributed by atoms with E-state index < -0.39 is 10.8 Å². The van der Waals surface area contributed by atoms with Crippen LogP contribution in [0.25, 0.3) is 0 Å². The van der Waals surface area contributed by atoms with Gasteiger partial charge in [-0.1, -0.05) is 0 Å². The third-order valence-corrected chi connectivity index (χ3v) is 3.35. The Morgan fingerprint density at radius 1 is 1.29 bits per heavy atom. The number of benzene rings is 1. The number of rotatable bonds is 4. The molecule has 1 aromatic carbocycles. The first-order valence-electron chi connectivity index (χ1n) is 5.90. The third-order valence-electron chi connectivity index (χ3n) is 2.68. The van der Waals surface area contributed by atoms with Crippen LogP contribution in [-0.2, 0) is 0 Å². The SMILES string of the molecule is CNc1ccnc(C(=O)Nc2ccc(Br)c([N+](=O)[O-])c2)c1. The van der Waals surface area contributed by atoms with Crippen LogP contribution in [0.2, 0.25) is 0 Å². The van der Waals surface area contributed by atoms with E-state index in [2.05, 4.69) is 31.5 Å². The predicted molar refractivity (Wildman–Crippen MR) is 82.5 cm³/mol. The van der Waals surface area contributed by atoms with Crippen molar-refractivity contribution in [1.82, 2.24) is 4.98 Å². The van der Waals surface area contributed by atoms with Crippen LogP contribution in [0, 0.1) is 10.1 Å². The predicted octanol–water partition coefficient (Wildman–Crippen LogP) is 3.05. The lowest BCUT2D eigenvalue weighted by Gasteiger charge is -2.06. The lowest BCUT2D eigenvalue weighted by molar-refractivity contribution is -0.385. The Balaban J connectivity index is 2.23. The Labute approximate surface area is 128 Å². The van der Waals surface area contributed by atoms with E-state index in [1.165, 1.54) is 18.3 Å². The van der Waals surface area contributed by atoms with Crippen LogP contribution >= 0.6 is 15.9 Å². The van der Waals surface area contributed by atoms with Gasteiger partial charge in [-0.05, 0) is 40.2 Å². The summed E-state index contributed by atoms with van der Waals surface area (Å²) in [7, 11) is 1.73. The second kappa shape index (κ2) is 6.31. The van der Waals surface area contributed by atoms with Gasteiger partial charge in [0.2, 0.25) is 0 Å². The van der Waals surface area contributed by atoms with Crippen molar-refractivity contribution in [3.8, 4) is 0 Å². The molecule has 2 rings (SSSR count). The number of carbonyl (C=O) groups excluding carboxylic acids is 1. The van der Waals surface area contributed by atoms with Crippen LogP contribution < -0.4 is 10.6 Å². The summed E-state index contributed by atoms with van der Waals surface area (Å²) in [6.07, 6.45) is 1.50. The molecule has 1 heterocycles. The van der Waals surface area contributed by atoms with E-state index in [9.17, 15) is 14.9 Å². The molecular weight excluding hydrogens is 340 g/mol. The lowest BCUT2D eigenvalue weighted by atomic mass is 10.2. The first-order valence-corrected chi connectivity index (χ1v) is 6.69. The molecule has 7 nitrogen and oxygen atoms in total. The highest BCUT2D eigenvalue weighted by Crippen LogP contribution is 2.28. The number of anilines is 2. The number of nitrogens with zero attached hydrogens (tertiary/aromatic N) is 2. The van der Waals surface area contributed by atoms with Crippen LogP contribution in [0.5, 0.6) is 0 Å². The van der Waals surface area contributed by atoms with E-state index in [1.807, 2.05) is 0 Å². The molecule has 0 aliphatic rings. The number of carbonyl (C=O) groups is 1. The highest BCUT2D eigenvalue weighted by molar-refractivity contribution is 9.10. The Morgan fingerprint density at radius 3 is 2.71 bits per heavy atom. The molecule has 2 aromatic rings. The molecule has 21 heavy (non-hydrogen) atoms. The van der Waals surface area contributed by atoms with E-state index in [4.69, 9.17) is 0 Å². The van der Waals surface area contributed by atoms with Gasteiger partial charge in [-0.15, -0.1) is 0 Å². The van der Waals surface area contributed by atoms with Crippen molar-refractivity contribution in [2.75, 3.05) is 17.7 Å². The summed E-state index contributed by atoms with van der Waals surface area (Å²) < 4.78 is 0.348. The summed E-state index contributed by atoms with van der Waals surface area (Å²) in [5.74, 6) is -0.441. The van der Waals surface area contributed by atoms with Gasteiger partial charge in [-0.25, -0.2) is 0 Å². The van der Waals surface area contributed by atoms with Gasteiger partial charge in [-0.2, -0.15) is 0 Å². The van der Waals surface area contributed by atoms with Gasteiger partial charge in [-0.3, -0.25) is 19.9 Å². The largest absolute Gasteiger partial charge is 0.388 e. The Kier molecular flexibility index (Phi) is 4.49. The van der Waals surface area contributed by atoms with Crippen molar-refractivity contribution in [3.63, 3.8) is 0 Å². The molecule has 0 fully saturated rings.